The van der Waals surface area contributed by atoms with Crippen molar-refractivity contribution < 1.29 is 19.5 Å². The van der Waals surface area contributed by atoms with Gasteiger partial charge in [0.25, 0.3) is 0 Å². The Morgan fingerprint density at radius 1 is 1.08 bits per heavy atom. The molecule has 1 rings (SSSR count). The van der Waals surface area contributed by atoms with E-state index in [4.69, 9.17) is 14.9 Å². The number of hydrogen-bond donors (Lipinski definition) is 3. The standard InChI is InChI=1S/C6H7O4P.Na.H/c7-5-1-3-6(4-2-5)11(8,9)10;;/h1-4,7H,(H2,8,9,10);;. The fourth-order valence-electron chi connectivity index (χ4n) is 0.647. The Morgan fingerprint density at radius 2 is 1.50 bits per heavy atom. The summed E-state index contributed by atoms with van der Waals surface area (Å²) in [7, 11) is -4.15. The predicted octanol–water partition coefficient (Wildman–Crippen LogP) is -0.453. The molecule has 0 aliphatic carbocycles. The summed E-state index contributed by atoms with van der Waals surface area (Å²) >= 11 is 0. The fourth-order valence-corrected chi connectivity index (χ4v) is 1.18. The number of phenols is 1. The van der Waals surface area contributed by atoms with Gasteiger partial charge in [-0.2, -0.15) is 0 Å². The van der Waals surface area contributed by atoms with E-state index >= 15 is 0 Å². The summed E-state index contributed by atoms with van der Waals surface area (Å²) in [5, 5.41) is 8.68. The van der Waals surface area contributed by atoms with Crippen molar-refractivity contribution in [3.63, 3.8) is 0 Å². The molecule has 0 spiro atoms. The zero-order chi connectivity index (χ0) is 8.48. The molecule has 0 radical (unpaired) electrons. The number of aromatic hydroxyl groups is 1. The molecule has 0 saturated heterocycles. The molecule has 1 aromatic rings. The van der Waals surface area contributed by atoms with Crippen molar-refractivity contribution in [2.24, 2.45) is 0 Å². The first kappa shape index (κ1) is 12.2. The monoisotopic (exact) mass is 198 g/mol. The molecule has 1 aromatic carbocycles. The summed E-state index contributed by atoms with van der Waals surface area (Å²) in [6, 6.07) is 4.84. The van der Waals surface area contributed by atoms with Gasteiger partial charge in [0.2, 0.25) is 0 Å². The van der Waals surface area contributed by atoms with E-state index in [0.717, 1.165) is 0 Å². The van der Waals surface area contributed by atoms with Crippen molar-refractivity contribution in [2.45, 2.75) is 0 Å². The van der Waals surface area contributed by atoms with Crippen LogP contribution in [0.4, 0.5) is 0 Å². The molecule has 0 aliphatic heterocycles. The minimum absolute atomic E-state index is 0. The number of hydrogen-bond acceptors (Lipinski definition) is 2. The second kappa shape index (κ2) is 4.42. The third kappa shape index (κ3) is 3.27. The van der Waals surface area contributed by atoms with Crippen molar-refractivity contribution in [2.75, 3.05) is 0 Å². The average Bonchev–Trinajstić information content (AvgIpc) is 1.86. The van der Waals surface area contributed by atoms with E-state index in [-0.39, 0.29) is 40.6 Å². The van der Waals surface area contributed by atoms with Crippen LogP contribution in [-0.4, -0.2) is 44.5 Å². The number of rotatable bonds is 1. The Labute approximate surface area is 91.7 Å². The molecule has 0 amide bonds. The molecule has 0 aromatic heterocycles. The van der Waals surface area contributed by atoms with Crippen LogP contribution in [0.25, 0.3) is 0 Å². The number of benzene rings is 1. The van der Waals surface area contributed by atoms with Crippen molar-refractivity contribution in [3.05, 3.63) is 24.3 Å². The maximum absolute atomic E-state index is 10.6. The number of phenolic OH excluding ortho intramolecular Hbond substituents is 1. The molecule has 0 aliphatic rings. The van der Waals surface area contributed by atoms with Crippen molar-refractivity contribution in [1.82, 2.24) is 0 Å². The molecule has 0 fully saturated rings. The SMILES string of the molecule is O=P(O)(O)c1ccc(O)cc1.[NaH]. The quantitative estimate of drug-likeness (QED) is 0.421. The molecular weight excluding hydrogens is 190 g/mol. The minimum atomic E-state index is -4.15. The first-order valence-corrected chi connectivity index (χ1v) is 4.46. The van der Waals surface area contributed by atoms with Gasteiger partial charge in [0.05, 0.1) is 5.30 Å². The Morgan fingerprint density at radius 3 is 1.83 bits per heavy atom. The second-order valence-electron chi connectivity index (χ2n) is 2.06. The normalized spacial score (nSPS) is 10.5. The van der Waals surface area contributed by atoms with Gasteiger partial charge >= 0.3 is 37.2 Å². The van der Waals surface area contributed by atoms with Crippen LogP contribution >= 0.6 is 7.60 Å². The summed E-state index contributed by atoms with van der Waals surface area (Å²) in [6.45, 7) is 0. The predicted molar refractivity (Wildman–Crippen MR) is 46.9 cm³/mol. The Bertz CT molecular complexity index is 291. The molecule has 0 saturated carbocycles. The first-order chi connectivity index (χ1) is 5.00. The summed E-state index contributed by atoms with van der Waals surface area (Å²) < 4.78 is 10.6. The van der Waals surface area contributed by atoms with Crippen LogP contribution in [0.5, 0.6) is 5.75 Å². The third-order valence-electron chi connectivity index (χ3n) is 1.19. The molecule has 6 heteroatoms. The van der Waals surface area contributed by atoms with Crippen LogP contribution in [-0.2, 0) is 4.57 Å². The molecule has 4 nitrogen and oxygen atoms in total. The molecule has 0 bridgehead atoms. The molecule has 0 unspecified atom stereocenters. The summed E-state index contributed by atoms with van der Waals surface area (Å²) in [6.07, 6.45) is 0. The van der Waals surface area contributed by atoms with Gasteiger partial charge in [-0.25, -0.2) is 0 Å². The maximum atomic E-state index is 10.6. The third-order valence-corrected chi connectivity index (χ3v) is 2.16. The summed E-state index contributed by atoms with van der Waals surface area (Å²) in [5.74, 6) is -0.0119. The summed E-state index contributed by atoms with van der Waals surface area (Å²) in [4.78, 5) is 17.2. The van der Waals surface area contributed by atoms with Gasteiger partial charge in [0.1, 0.15) is 5.75 Å². The van der Waals surface area contributed by atoms with Crippen LogP contribution in [0.3, 0.4) is 0 Å². The van der Waals surface area contributed by atoms with Gasteiger partial charge in [-0.05, 0) is 24.3 Å². The van der Waals surface area contributed by atoms with Crippen LogP contribution in [0.1, 0.15) is 0 Å². The topological polar surface area (TPSA) is 77.8 Å². The van der Waals surface area contributed by atoms with E-state index in [1.165, 1.54) is 24.3 Å². The van der Waals surface area contributed by atoms with Gasteiger partial charge in [-0.1, -0.05) is 0 Å². The van der Waals surface area contributed by atoms with Crippen molar-refractivity contribution in [3.8, 4) is 5.75 Å². The van der Waals surface area contributed by atoms with Gasteiger partial charge < -0.3 is 14.9 Å². The molecule has 12 heavy (non-hydrogen) atoms. The van der Waals surface area contributed by atoms with Crippen molar-refractivity contribution in [1.29, 1.82) is 0 Å². The Kier molecular flexibility index (Phi) is 4.48. The molecule has 0 atom stereocenters. The van der Waals surface area contributed by atoms with Gasteiger partial charge in [-0.3, -0.25) is 4.57 Å². The van der Waals surface area contributed by atoms with Gasteiger partial charge in [-0.15, -0.1) is 0 Å². The zero-order valence-corrected chi connectivity index (χ0v) is 6.40. The van der Waals surface area contributed by atoms with E-state index in [1.54, 1.807) is 0 Å². The van der Waals surface area contributed by atoms with Crippen LogP contribution < -0.4 is 5.30 Å². The van der Waals surface area contributed by atoms with Gasteiger partial charge in [0, 0.05) is 0 Å². The first-order valence-electron chi connectivity index (χ1n) is 2.85. The van der Waals surface area contributed by atoms with E-state index in [2.05, 4.69) is 0 Å². The van der Waals surface area contributed by atoms with Crippen molar-refractivity contribution >= 4 is 42.5 Å². The van der Waals surface area contributed by atoms with Crippen LogP contribution in [0.15, 0.2) is 24.3 Å². The zero-order valence-electron chi connectivity index (χ0n) is 5.51. The van der Waals surface area contributed by atoms with Crippen LogP contribution in [0.2, 0.25) is 0 Å². The Hall–Kier alpha value is 0.170. The van der Waals surface area contributed by atoms with E-state index in [1.807, 2.05) is 0 Å². The molecule has 3 N–H and O–H groups in total. The van der Waals surface area contributed by atoms with Crippen LogP contribution in [0, 0.1) is 0 Å². The average molecular weight is 198 g/mol. The fraction of sp³-hybridized carbons (Fsp3) is 0. The molecule has 0 heterocycles. The summed E-state index contributed by atoms with van der Waals surface area (Å²) in [5.41, 5.74) is 0. The van der Waals surface area contributed by atoms with E-state index in [9.17, 15) is 4.57 Å². The Balaban J connectivity index is 0.00000121. The molecular formula is C6H8NaO4P. The van der Waals surface area contributed by atoms with E-state index in [0.29, 0.717) is 0 Å². The van der Waals surface area contributed by atoms with E-state index < -0.39 is 7.60 Å². The second-order valence-corrected chi connectivity index (χ2v) is 3.66. The van der Waals surface area contributed by atoms with Gasteiger partial charge in [0.15, 0.2) is 0 Å². The molecule has 62 valence electrons.